The van der Waals surface area contributed by atoms with Crippen molar-refractivity contribution in [3.63, 3.8) is 0 Å². The molecule has 1 aliphatic rings. The number of β-lactam (4-membered cyclic amide) rings is 1. The van der Waals surface area contributed by atoms with Gasteiger partial charge in [-0.05, 0) is 66.2 Å². The molecule has 1 saturated heterocycles. The third-order valence-corrected chi connectivity index (χ3v) is 6.79. The number of carbonyl (C=O) groups excluding carboxylic acids is 2. The number of nitrogens with zero attached hydrogens (tertiary/aromatic N) is 1. The highest BCUT2D eigenvalue weighted by molar-refractivity contribution is 6.07. The Bertz CT molecular complexity index is 1410. The van der Waals surface area contributed by atoms with E-state index in [0.717, 1.165) is 5.56 Å². The molecule has 3 atom stereocenters. The van der Waals surface area contributed by atoms with Crippen molar-refractivity contribution in [2.45, 2.75) is 24.7 Å². The summed E-state index contributed by atoms with van der Waals surface area (Å²) in [5, 5.41) is 6.40. The molecule has 5 rings (SSSR count). The summed E-state index contributed by atoms with van der Waals surface area (Å²) >= 11 is 0. The van der Waals surface area contributed by atoms with Crippen LogP contribution in [-0.4, -0.2) is 44.2 Å². The lowest BCUT2D eigenvalue weighted by Crippen LogP contribution is -2.74. The summed E-state index contributed by atoms with van der Waals surface area (Å²) in [4.78, 5) is 29.0. The molecule has 0 aromatic heterocycles. The summed E-state index contributed by atoms with van der Waals surface area (Å²) in [7, 11) is 3.18. The van der Waals surface area contributed by atoms with Crippen LogP contribution in [0.15, 0.2) is 109 Å². The molecule has 0 saturated carbocycles. The molecule has 204 valence electrons. The number of nitrogens with one attached hydrogen (secondary N) is 2. The highest BCUT2D eigenvalue weighted by Crippen LogP contribution is 2.35. The van der Waals surface area contributed by atoms with Crippen LogP contribution in [0.2, 0.25) is 0 Å². The quantitative estimate of drug-likeness (QED) is 0.271. The average molecular weight is 538 g/mol. The minimum absolute atomic E-state index is 0.239. The van der Waals surface area contributed by atoms with Crippen LogP contribution in [0.4, 0.5) is 11.4 Å². The Morgan fingerprint density at radius 3 is 1.95 bits per heavy atom. The van der Waals surface area contributed by atoms with Gasteiger partial charge in [-0.15, -0.1) is 0 Å². The number of para-hydroxylation sites is 1. The number of hydrogen-bond acceptors (Lipinski definition) is 6. The van der Waals surface area contributed by atoms with Crippen LogP contribution in [0.1, 0.15) is 5.56 Å². The number of benzene rings is 4. The maximum atomic E-state index is 13.8. The molecule has 1 fully saturated rings. The highest BCUT2D eigenvalue weighted by Gasteiger charge is 2.56. The Labute approximate surface area is 233 Å². The summed E-state index contributed by atoms with van der Waals surface area (Å²) in [6, 6.07) is 31.8. The van der Waals surface area contributed by atoms with Gasteiger partial charge in [0, 0.05) is 17.9 Å². The first-order valence-corrected chi connectivity index (χ1v) is 13.0. The van der Waals surface area contributed by atoms with Crippen molar-refractivity contribution in [2.75, 3.05) is 24.4 Å². The lowest BCUT2D eigenvalue weighted by Gasteiger charge is -2.49. The first-order chi connectivity index (χ1) is 19.6. The van der Waals surface area contributed by atoms with Gasteiger partial charge in [-0.1, -0.05) is 48.5 Å². The van der Waals surface area contributed by atoms with Gasteiger partial charge >= 0.3 is 0 Å². The maximum absolute atomic E-state index is 13.8. The van der Waals surface area contributed by atoms with Gasteiger partial charge in [-0.3, -0.25) is 14.5 Å². The van der Waals surface area contributed by atoms with Crippen LogP contribution in [0.5, 0.6) is 17.2 Å². The second kappa shape index (κ2) is 12.3. The fourth-order valence-electron chi connectivity index (χ4n) is 4.68. The van der Waals surface area contributed by atoms with Gasteiger partial charge in [-0.2, -0.15) is 0 Å². The van der Waals surface area contributed by atoms with E-state index >= 15 is 0 Å². The van der Waals surface area contributed by atoms with Crippen LogP contribution in [0.3, 0.4) is 0 Å². The zero-order chi connectivity index (χ0) is 27.9. The van der Waals surface area contributed by atoms with Crippen LogP contribution in [0.25, 0.3) is 0 Å². The molecule has 2 N–H and O–H groups in total. The molecule has 40 heavy (non-hydrogen) atoms. The Morgan fingerprint density at radius 2 is 1.35 bits per heavy atom. The first-order valence-electron chi connectivity index (χ1n) is 13.0. The van der Waals surface area contributed by atoms with Crippen molar-refractivity contribution in [1.29, 1.82) is 0 Å². The SMILES string of the molecule is COc1ccc(NC(C(=O)NCc2ccccc2)C2C(Oc3ccccc3)C(=O)N2c2ccc(OC)cc2)cc1. The number of carbonyl (C=O) groups is 2. The zero-order valence-electron chi connectivity index (χ0n) is 22.3. The molecule has 0 bridgehead atoms. The molecular formula is C32H31N3O5. The lowest BCUT2D eigenvalue weighted by atomic mass is 9.88. The molecule has 0 spiro atoms. The van der Waals surface area contributed by atoms with Crippen LogP contribution < -0.4 is 29.7 Å². The van der Waals surface area contributed by atoms with Gasteiger partial charge < -0.3 is 24.8 Å². The molecule has 2 amide bonds. The normalized spacial score (nSPS) is 16.9. The van der Waals surface area contributed by atoms with E-state index in [1.165, 1.54) is 0 Å². The molecule has 4 aromatic rings. The number of amides is 2. The predicted octanol–water partition coefficient (Wildman–Crippen LogP) is 4.66. The van der Waals surface area contributed by atoms with Gasteiger partial charge in [0.15, 0.2) is 0 Å². The van der Waals surface area contributed by atoms with E-state index < -0.39 is 18.2 Å². The largest absolute Gasteiger partial charge is 0.497 e. The molecule has 0 aliphatic carbocycles. The monoisotopic (exact) mass is 537 g/mol. The summed E-state index contributed by atoms with van der Waals surface area (Å²) in [6.07, 6.45) is -0.886. The summed E-state index contributed by atoms with van der Waals surface area (Å²) in [5.74, 6) is 1.40. The van der Waals surface area contributed by atoms with Crippen LogP contribution in [0, 0.1) is 0 Å². The van der Waals surface area contributed by atoms with E-state index in [1.54, 1.807) is 55.5 Å². The molecule has 1 aliphatic heterocycles. The van der Waals surface area contributed by atoms with E-state index in [9.17, 15) is 9.59 Å². The van der Waals surface area contributed by atoms with Crippen molar-refractivity contribution < 1.29 is 23.8 Å². The van der Waals surface area contributed by atoms with Gasteiger partial charge in [-0.25, -0.2) is 0 Å². The zero-order valence-corrected chi connectivity index (χ0v) is 22.3. The molecule has 0 radical (unpaired) electrons. The number of rotatable bonds is 11. The second-order valence-corrected chi connectivity index (χ2v) is 9.30. The summed E-state index contributed by atoms with van der Waals surface area (Å²) in [6.45, 7) is 0.341. The van der Waals surface area contributed by atoms with E-state index in [1.807, 2.05) is 72.8 Å². The van der Waals surface area contributed by atoms with Crippen LogP contribution >= 0.6 is 0 Å². The van der Waals surface area contributed by atoms with E-state index in [-0.39, 0.29) is 11.8 Å². The van der Waals surface area contributed by atoms with Crippen molar-refractivity contribution in [1.82, 2.24) is 5.32 Å². The number of anilines is 2. The lowest BCUT2D eigenvalue weighted by molar-refractivity contribution is -0.137. The van der Waals surface area contributed by atoms with Crippen molar-refractivity contribution >= 4 is 23.2 Å². The van der Waals surface area contributed by atoms with Crippen molar-refractivity contribution in [3.05, 3.63) is 115 Å². The second-order valence-electron chi connectivity index (χ2n) is 9.30. The fraction of sp³-hybridized carbons (Fsp3) is 0.188. The number of ether oxygens (including phenoxy) is 3. The Hall–Kier alpha value is -4.98. The Balaban J connectivity index is 1.49. The maximum Gasteiger partial charge on any atom is 0.270 e. The third-order valence-electron chi connectivity index (χ3n) is 6.79. The fourth-order valence-corrected chi connectivity index (χ4v) is 4.68. The molecule has 4 aromatic carbocycles. The number of methoxy groups -OCH3 is 2. The minimum Gasteiger partial charge on any atom is -0.497 e. The third kappa shape index (κ3) is 5.86. The molecular weight excluding hydrogens is 506 g/mol. The summed E-state index contributed by atoms with van der Waals surface area (Å²) < 4.78 is 16.8. The van der Waals surface area contributed by atoms with E-state index in [4.69, 9.17) is 14.2 Å². The predicted molar refractivity (Wildman–Crippen MR) is 154 cm³/mol. The Morgan fingerprint density at radius 1 is 0.775 bits per heavy atom. The topological polar surface area (TPSA) is 89.1 Å². The van der Waals surface area contributed by atoms with Gasteiger partial charge in [0.2, 0.25) is 12.0 Å². The minimum atomic E-state index is -0.886. The van der Waals surface area contributed by atoms with Gasteiger partial charge in [0.05, 0.1) is 14.2 Å². The molecule has 3 unspecified atom stereocenters. The molecule has 8 heteroatoms. The van der Waals surface area contributed by atoms with Crippen molar-refractivity contribution in [2.24, 2.45) is 0 Å². The van der Waals surface area contributed by atoms with E-state index in [0.29, 0.717) is 35.2 Å². The van der Waals surface area contributed by atoms with Gasteiger partial charge in [0.1, 0.15) is 29.3 Å². The van der Waals surface area contributed by atoms with Gasteiger partial charge in [0.25, 0.3) is 5.91 Å². The van der Waals surface area contributed by atoms with E-state index in [2.05, 4.69) is 10.6 Å². The Kier molecular flexibility index (Phi) is 8.15. The molecule has 1 heterocycles. The van der Waals surface area contributed by atoms with Crippen LogP contribution in [-0.2, 0) is 16.1 Å². The highest BCUT2D eigenvalue weighted by atomic mass is 16.5. The summed E-state index contributed by atoms with van der Waals surface area (Å²) in [5.41, 5.74) is 2.31. The molecule has 8 nitrogen and oxygen atoms in total. The number of hydrogen-bond donors (Lipinski definition) is 2. The van der Waals surface area contributed by atoms with Crippen molar-refractivity contribution in [3.8, 4) is 17.2 Å². The first kappa shape index (κ1) is 26.6. The smallest absolute Gasteiger partial charge is 0.270 e. The standard InChI is InChI=1S/C32H31N3O5/c1-38-25-17-13-23(14-18-25)34-28(31(36)33-21-22-9-5-3-6-10-22)29-30(40-27-11-7-4-8-12-27)32(37)35(29)24-15-19-26(39-2)20-16-24/h3-20,28-30,34H,21H2,1-2H3,(H,33,36). The average Bonchev–Trinajstić information content (AvgIpc) is 3.01.